The molecule has 216 valence electrons. The zero-order valence-electron chi connectivity index (χ0n) is 25.4. The number of pyridine rings is 1. The summed E-state index contributed by atoms with van der Waals surface area (Å²) in [4.78, 5) is 4.22. The van der Waals surface area contributed by atoms with E-state index in [1.165, 1.54) is 11.1 Å². The number of ether oxygens (including phenoxy) is 1. The number of imidazole rings is 1. The van der Waals surface area contributed by atoms with Gasteiger partial charge < -0.3 is 14.3 Å². The van der Waals surface area contributed by atoms with Crippen molar-refractivity contribution in [3.63, 3.8) is 0 Å². The van der Waals surface area contributed by atoms with E-state index in [4.69, 9.17) is 4.74 Å². The Labute approximate surface area is 268 Å². The van der Waals surface area contributed by atoms with Crippen molar-refractivity contribution in [3.05, 3.63) is 133 Å². The average Bonchev–Trinajstić information content (AvgIpc) is 3.39. The van der Waals surface area contributed by atoms with Crippen molar-refractivity contribution in [1.29, 1.82) is 0 Å². The van der Waals surface area contributed by atoms with Crippen molar-refractivity contribution >= 4 is 11.0 Å². The Morgan fingerprint density at radius 3 is 2.14 bits per heavy atom. The Kier molecular flexibility index (Phi) is 8.42. The maximum absolute atomic E-state index is 6.31. The zero-order chi connectivity index (χ0) is 29.5. The molecule has 0 bridgehead atoms. The van der Waals surface area contributed by atoms with Crippen LogP contribution in [0.15, 0.2) is 103 Å². The molecule has 0 saturated carbocycles. The molecule has 0 unspecified atom stereocenters. The van der Waals surface area contributed by atoms with Crippen LogP contribution in [0.5, 0.6) is 11.5 Å². The molecule has 0 N–H and O–H groups in total. The van der Waals surface area contributed by atoms with E-state index in [0.29, 0.717) is 0 Å². The van der Waals surface area contributed by atoms with Gasteiger partial charge in [0, 0.05) is 11.9 Å². The van der Waals surface area contributed by atoms with Gasteiger partial charge in [-0.1, -0.05) is 83.4 Å². The Morgan fingerprint density at radius 1 is 0.744 bits per heavy atom. The molecule has 0 spiro atoms. The molecule has 3 heterocycles. The second-order valence-electron chi connectivity index (χ2n) is 12.6. The molecule has 7 rings (SSSR count). The summed E-state index contributed by atoms with van der Waals surface area (Å²) < 4.78 is 10.5. The number of fused-ring (bicyclic) bond motifs is 2. The van der Waals surface area contributed by atoms with Gasteiger partial charge in [0.05, 0.1) is 11.2 Å². The SMILES string of the molecule is CC(C)(C)c1ccc(-n2[c-][n+]3c4c(cccc42)Oc2cc(C(C)(C)C)c[c-]c2-3)cc1.[Ir+3].[c-]1ccccc1-c1ccccn1. The summed E-state index contributed by atoms with van der Waals surface area (Å²) in [7, 11) is 0. The molecule has 0 aliphatic carbocycles. The molecule has 0 fully saturated rings. The predicted molar refractivity (Wildman–Crippen MR) is 168 cm³/mol. The Bertz CT molecular complexity index is 1810. The molecule has 0 atom stereocenters. The summed E-state index contributed by atoms with van der Waals surface area (Å²) in [5.74, 6) is 1.67. The molecule has 4 aromatic carbocycles. The van der Waals surface area contributed by atoms with Gasteiger partial charge >= 0.3 is 20.1 Å². The van der Waals surface area contributed by atoms with E-state index in [1.54, 1.807) is 6.20 Å². The van der Waals surface area contributed by atoms with E-state index in [2.05, 4.69) is 117 Å². The van der Waals surface area contributed by atoms with E-state index in [-0.39, 0.29) is 30.9 Å². The maximum atomic E-state index is 6.31. The summed E-state index contributed by atoms with van der Waals surface area (Å²) in [5, 5.41) is 0. The van der Waals surface area contributed by atoms with Crippen molar-refractivity contribution in [2.45, 2.75) is 52.4 Å². The van der Waals surface area contributed by atoms with E-state index in [1.807, 2.05) is 54.6 Å². The van der Waals surface area contributed by atoms with Crippen LogP contribution in [0.1, 0.15) is 52.7 Å². The quantitative estimate of drug-likeness (QED) is 0.131. The molecule has 0 radical (unpaired) electrons. The first-order valence-electron chi connectivity index (χ1n) is 14.3. The molecule has 1 aliphatic rings. The van der Waals surface area contributed by atoms with Crippen molar-refractivity contribution in [1.82, 2.24) is 9.55 Å². The molecule has 43 heavy (non-hydrogen) atoms. The van der Waals surface area contributed by atoms with Gasteiger partial charge in [0.1, 0.15) is 11.3 Å². The first kappa shape index (κ1) is 30.4. The van der Waals surface area contributed by atoms with Crippen LogP contribution in [0.2, 0.25) is 0 Å². The number of para-hydroxylation sites is 1. The van der Waals surface area contributed by atoms with Crippen LogP contribution in [0.4, 0.5) is 0 Å². The van der Waals surface area contributed by atoms with E-state index < -0.39 is 0 Å². The van der Waals surface area contributed by atoms with Crippen LogP contribution < -0.4 is 9.30 Å². The Balaban J connectivity index is 0.000000238. The normalized spacial score (nSPS) is 12.0. The predicted octanol–water partition coefficient (Wildman–Crippen LogP) is 8.75. The second kappa shape index (κ2) is 11.9. The third-order valence-corrected chi connectivity index (χ3v) is 7.48. The van der Waals surface area contributed by atoms with Crippen LogP contribution in [0.25, 0.3) is 33.7 Å². The fourth-order valence-corrected chi connectivity index (χ4v) is 5.02. The molecule has 0 amide bonds. The number of aromatic nitrogens is 3. The van der Waals surface area contributed by atoms with Crippen molar-refractivity contribution in [2.24, 2.45) is 0 Å². The van der Waals surface area contributed by atoms with Crippen LogP contribution in [-0.4, -0.2) is 9.55 Å². The molecule has 5 heteroatoms. The van der Waals surface area contributed by atoms with E-state index >= 15 is 0 Å². The molecule has 6 aromatic rings. The number of nitrogens with zero attached hydrogens (tertiary/aromatic N) is 3. The molecular weight excluding hydrogens is 707 g/mol. The Hall–Kier alpha value is -4.05. The monoisotopic (exact) mass is 742 g/mol. The van der Waals surface area contributed by atoms with Gasteiger partial charge in [-0.25, -0.2) is 0 Å². The molecular formula is C38H35IrN3O+. The van der Waals surface area contributed by atoms with Gasteiger partial charge in [0.25, 0.3) is 6.33 Å². The third kappa shape index (κ3) is 6.20. The number of hydrogen-bond donors (Lipinski definition) is 0. The Morgan fingerprint density at radius 2 is 1.49 bits per heavy atom. The minimum absolute atomic E-state index is 0. The minimum Gasteiger partial charge on any atom is -0.523 e. The van der Waals surface area contributed by atoms with Gasteiger partial charge in [-0.05, 0) is 46.6 Å². The fraction of sp³-hybridized carbons (Fsp3) is 0.211. The largest absolute Gasteiger partial charge is 3.00 e. The van der Waals surface area contributed by atoms with Gasteiger partial charge in [-0.3, -0.25) is 4.57 Å². The number of hydrogen-bond acceptors (Lipinski definition) is 2. The third-order valence-electron chi connectivity index (χ3n) is 7.48. The fourth-order valence-electron chi connectivity index (χ4n) is 5.02. The average molecular weight is 742 g/mol. The van der Waals surface area contributed by atoms with E-state index in [0.717, 1.165) is 45.2 Å². The minimum atomic E-state index is 0. The maximum Gasteiger partial charge on any atom is 3.00 e. The van der Waals surface area contributed by atoms with Crippen molar-refractivity contribution in [3.8, 4) is 34.1 Å². The smallest absolute Gasteiger partial charge is 0.523 e. The summed E-state index contributed by atoms with van der Waals surface area (Å²) >= 11 is 0. The van der Waals surface area contributed by atoms with Gasteiger partial charge in [0.2, 0.25) is 0 Å². The zero-order valence-corrected chi connectivity index (χ0v) is 27.8. The van der Waals surface area contributed by atoms with Crippen molar-refractivity contribution in [2.75, 3.05) is 0 Å². The first-order chi connectivity index (χ1) is 20.1. The van der Waals surface area contributed by atoms with E-state index in [9.17, 15) is 0 Å². The van der Waals surface area contributed by atoms with Crippen LogP contribution in [0.3, 0.4) is 0 Å². The summed E-state index contributed by atoms with van der Waals surface area (Å²) in [6.07, 6.45) is 5.33. The first-order valence-corrected chi connectivity index (χ1v) is 14.3. The molecule has 0 saturated heterocycles. The second-order valence-corrected chi connectivity index (χ2v) is 12.6. The van der Waals surface area contributed by atoms with Gasteiger partial charge in [-0.15, -0.1) is 47.5 Å². The molecule has 4 nitrogen and oxygen atoms in total. The van der Waals surface area contributed by atoms with Crippen LogP contribution >= 0.6 is 0 Å². The van der Waals surface area contributed by atoms with Crippen LogP contribution in [-0.2, 0) is 30.9 Å². The summed E-state index contributed by atoms with van der Waals surface area (Å²) in [5.41, 5.74) is 8.76. The van der Waals surface area contributed by atoms with Gasteiger partial charge in [-0.2, -0.15) is 12.1 Å². The summed E-state index contributed by atoms with van der Waals surface area (Å²) in [6.45, 7) is 13.3. The summed E-state index contributed by atoms with van der Waals surface area (Å²) in [6, 6.07) is 39.4. The number of rotatable bonds is 2. The number of benzene rings is 4. The molecule has 2 aromatic heterocycles. The molecule has 1 aliphatic heterocycles. The van der Waals surface area contributed by atoms with Crippen LogP contribution in [0, 0.1) is 18.5 Å². The van der Waals surface area contributed by atoms with Gasteiger partial charge in [0.15, 0.2) is 0 Å². The van der Waals surface area contributed by atoms with Crippen molar-refractivity contribution < 1.29 is 29.4 Å². The standard InChI is InChI=1S/C27H27N2O.C11H8N.Ir/c1-26(2,3)18-10-13-20(14-11-18)28-17-29-21-15-12-19(27(4,5)6)16-24(21)30-23-9-7-8-22(28)25(23)29;1-2-6-10(7-3-1)11-8-4-5-9-12-11;/h7-14,16H,1-6H3;1-6,8-9H;/q2*-1;+3. The topological polar surface area (TPSA) is 30.9 Å².